The molecule has 0 aliphatic carbocycles. The first kappa shape index (κ1) is 12.1. The molecule has 0 fully saturated rings. The molecule has 2 rings (SSSR count). The van der Waals surface area contributed by atoms with Crippen molar-refractivity contribution in [3.8, 4) is 0 Å². The number of rotatable bonds is 1. The van der Waals surface area contributed by atoms with Crippen molar-refractivity contribution >= 4 is 54.1 Å². The zero-order valence-electron chi connectivity index (χ0n) is 7.38. The van der Waals surface area contributed by atoms with Crippen molar-refractivity contribution in [2.24, 2.45) is 4.99 Å². The van der Waals surface area contributed by atoms with E-state index in [1.165, 1.54) is 20.9 Å². The Hall–Kier alpha value is -0.370. The zero-order chi connectivity index (χ0) is 11.7. The van der Waals surface area contributed by atoms with Crippen molar-refractivity contribution in [2.45, 2.75) is 0 Å². The van der Waals surface area contributed by atoms with E-state index < -0.39 is 11.6 Å². The lowest BCUT2D eigenvalue weighted by atomic mass is 10.3. The van der Waals surface area contributed by atoms with Crippen LogP contribution < -0.4 is 4.67 Å². The number of nitrogens with zero attached hydrogens (tertiary/aromatic N) is 2. The van der Waals surface area contributed by atoms with E-state index in [4.69, 9.17) is 11.6 Å². The second-order valence-corrected chi connectivity index (χ2v) is 5.72. The van der Waals surface area contributed by atoms with E-state index in [2.05, 4.69) is 25.3 Å². The third-order valence-electron chi connectivity index (χ3n) is 1.62. The maximum atomic E-state index is 13.0. The molecule has 0 spiro atoms. The van der Waals surface area contributed by atoms with Crippen molar-refractivity contribution in [3.05, 3.63) is 38.1 Å². The molecule has 1 aromatic heterocycles. The molecule has 2 nitrogen and oxygen atoms in total. The lowest BCUT2D eigenvalue weighted by Crippen LogP contribution is -1.94. The highest BCUT2D eigenvalue weighted by Gasteiger charge is 2.08. The molecule has 0 N–H and O–H groups in total. The highest BCUT2D eigenvalue weighted by atomic mass is 79.9. The Labute approximate surface area is 110 Å². The van der Waals surface area contributed by atoms with Crippen molar-refractivity contribution in [3.63, 3.8) is 0 Å². The fraction of sp³-hybridized carbons (Fsp3) is 0. The average Bonchev–Trinajstić information content (AvgIpc) is 2.61. The van der Waals surface area contributed by atoms with Gasteiger partial charge in [-0.1, -0.05) is 11.6 Å². The summed E-state index contributed by atoms with van der Waals surface area (Å²) in [7, 11) is 2.44. The summed E-state index contributed by atoms with van der Waals surface area (Å²) in [6.45, 7) is 0. The Kier molecular flexibility index (Phi) is 3.68. The van der Waals surface area contributed by atoms with Crippen LogP contribution in [0.25, 0.3) is 0 Å². The molecular formula is C8H2BrClF2N2S2. The molecule has 0 aliphatic rings. The van der Waals surface area contributed by atoms with Crippen LogP contribution in [0.4, 0.5) is 14.5 Å². The van der Waals surface area contributed by atoms with Crippen LogP contribution in [0, 0.1) is 11.6 Å². The van der Waals surface area contributed by atoms with Gasteiger partial charge in [-0.25, -0.2) is 13.8 Å². The average molecular weight is 344 g/mol. The van der Waals surface area contributed by atoms with Crippen LogP contribution in [0.3, 0.4) is 0 Å². The normalized spacial score (nSPS) is 12.1. The van der Waals surface area contributed by atoms with Crippen LogP contribution in [0.15, 0.2) is 21.6 Å². The smallest absolute Gasteiger partial charge is 0.179 e. The summed E-state index contributed by atoms with van der Waals surface area (Å²) in [5.74, 6) is -1.88. The summed E-state index contributed by atoms with van der Waals surface area (Å²) in [6.07, 6.45) is 0. The van der Waals surface area contributed by atoms with Crippen molar-refractivity contribution < 1.29 is 8.78 Å². The summed E-state index contributed by atoms with van der Waals surface area (Å²) >= 11 is 8.84. The second kappa shape index (κ2) is 4.87. The van der Waals surface area contributed by atoms with E-state index in [0.29, 0.717) is 9.14 Å². The number of halogens is 4. The molecule has 0 aliphatic heterocycles. The molecule has 1 aromatic carbocycles. The fourth-order valence-corrected chi connectivity index (χ4v) is 3.32. The molecule has 1 heterocycles. The third kappa shape index (κ3) is 2.48. The Morgan fingerprint density at radius 3 is 2.62 bits per heavy atom. The molecule has 0 bridgehead atoms. The minimum atomic E-state index is -0.953. The number of hydrogen-bond acceptors (Lipinski definition) is 4. The predicted octanol–water partition coefficient (Wildman–Crippen LogP) is 4.13. The fourth-order valence-electron chi connectivity index (χ4n) is 0.932. The Morgan fingerprint density at radius 1 is 1.31 bits per heavy atom. The highest BCUT2D eigenvalue weighted by Crippen LogP contribution is 2.27. The van der Waals surface area contributed by atoms with Gasteiger partial charge in [0.2, 0.25) is 0 Å². The first-order valence-electron chi connectivity index (χ1n) is 3.88. The number of benzene rings is 1. The first-order valence-corrected chi connectivity index (χ1v) is 7.16. The monoisotopic (exact) mass is 342 g/mol. The van der Waals surface area contributed by atoms with Crippen LogP contribution in [0.1, 0.15) is 0 Å². The summed E-state index contributed by atoms with van der Waals surface area (Å²) in [6, 6.07) is 2.02. The SMILES string of the molecule is Fc1cc(Br)c(N=c2ssnc2Cl)cc1F. The van der Waals surface area contributed by atoms with Gasteiger partial charge in [0.15, 0.2) is 21.5 Å². The van der Waals surface area contributed by atoms with E-state index in [9.17, 15) is 8.78 Å². The van der Waals surface area contributed by atoms with Gasteiger partial charge in [-0.05, 0) is 32.3 Å². The summed E-state index contributed by atoms with van der Waals surface area (Å²) in [4.78, 5) is 4.08. The van der Waals surface area contributed by atoms with Gasteiger partial charge in [-0.3, -0.25) is 0 Å². The van der Waals surface area contributed by atoms with Gasteiger partial charge in [-0.2, -0.15) is 4.37 Å². The van der Waals surface area contributed by atoms with Crippen LogP contribution in [0.5, 0.6) is 0 Å². The standard InChI is InChI=1S/C8H2BrClF2N2S2/c9-3-1-4(11)5(12)2-6(3)13-8-7(10)14-16-15-8/h1-2H. The summed E-state index contributed by atoms with van der Waals surface area (Å²) in [5, 5.41) is 0.256. The van der Waals surface area contributed by atoms with Crippen LogP contribution in [-0.2, 0) is 0 Å². The number of hydrogen-bond donors (Lipinski definition) is 0. The molecule has 0 unspecified atom stereocenters. The van der Waals surface area contributed by atoms with Gasteiger partial charge in [0.05, 0.1) is 5.69 Å². The molecule has 0 atom stereocenters. The number of aromatic nitrogens is 1. The predicted molar refractivity (Wildman–Crippen MR) is 64.3 cm³/mol. The van der Waals surface area contributed by atoms with Crippen LogP contribution in [-0.4, -0.2) is 4.37 Å². The molecule has 84 valence electrons. The van der Waals surface area contributed by atoms with E-state index in [1.54, 1.807) is 0 Å². The minimum absolute atomic E-state index is 0.256. The van der Waals surface area contributed by atoms with Gasteiger partial charge in [0.1, 0.15) is 0 Å². The van der Waals surface area contributed by atoms with Gasteiger partial charge < -0.3 is 0 Å². The van der Waals surface area contributed by atoms with E-state index in [-0.39, 0.29) is 10.8 Å². The molecular weight excluding hydrogens is 342 g/mol. The maximum absolute atomic E-state index is 13.0. The van der Waals surface area contributed by atoms with Gasteiger partial charge in [0.25, 0.3) is 0 Å². The van der Waals surface area contributed by atoms with Crippen LogP contribution in [0.2, 0.25) is 5.15 Å². The van der Waals surface area contributed by atoms with Crippen molar-refractivity contribution in [1.29, 1.82) is 0 Å². The molecule has 0 amide bonds. The van der Waals surface area contributed by atoms with Crippen LogP contribution >= 0.6 is 48.4 Å². The van der Waals surface area contributed by atoms with Crippen molar-refractivity contribution in [1.82, 2.24) is 4.37 Å². The van der Waals surface area contributed by atoms with E-state index in [1.807, 2.05) is 0 Å². The highest BCUT2D eigenvalue weighted by molar-refractivity contribution is 9.10. The van der Waals surface area contributed by atoms with E-state index >= 15 is 0 Å². The molecule has 0 radical (unpaired) electrons. The van der Waals surface area contributed by atoms with E-state index in [0.717, 1.165) is 12.1 Å². The van der Waals surface area contributed by atoms with Gasteiger partial charge >= 0.3 is 0 Å². The Balaban J connectivity index is 2.59. The lowest BCUT2D eigenvalue weighted by Gasteiger charge is -1.98. The quantitative estimate of drug-likeness (QED) is 0.564. The van der Waals surface area contributed by atoms with Gasteiger partial charge in [0, 0.05) is 21.1 Å². The summed E-state index contributed by atoms with van der Waals surface area (Å²) in [5.41, 5.74) is 0.275. The maximum Gasteiger partial charge on any atom is 0.179 e. The van der Waals surface area contributed by atoms with Gasteiger partial charge in [-0.15, -0.1) is 0 Å². The molecule has 16 heavy (non-hydrogen) atoms. The minimum Gasteiger partial charge on any atom is -0.233 e. The first-order chi connectivity index (χ1) is 7.58. The second-order valence-electron chi connectivity index (χ2n) is 2.67. The molecule has 0 saturated heterocycles. The topological polar surface area (TPSA) is 25.2 Å². The van der Waals surface area contributed by atoms with Crippen molar-refractivity contribution in [2.75, 3.05) is 0 Å². The summed E-state index contributed by atoms with van der Waals surface area (Å²) < 4.78 is 30.5. The molecule has 2 aromatic rings. The zero-order valence-corrected chi connectivity index (χ0v) is 11.4. The Morgan fingerprint density at radius 2 is 2.00 bits per heavy atom. The molecule has 0 saturated carbocycles. The Bertz CT molecular complexity index is 596. The molecule has 8 heteroatoms. The lowest BCUT2D eigenvalue weighted by molar-refractivity contribution is 0.508. The third-order valence-corrected chi connectivity index (χ3v) is 4.43. The largest absolute Gasteiger partial charge is 0.233 e.